The van der Waals surface area contributed by atoms with Crippen LogP contribution in [0.5, 0.6) is 0 Å². The summed E-state index contributed by atoms with van der Waals surface area (Å²) in [4.78, 5) is 25.3. The van der Waals surface area contributed by atoms with Gasteiger partial charge in [0.15, 0.2) is 0 Å². The molecule has 0 fully saturated rings. The molecule has 1 amide bonds. The number of carbonyl (C=O) groups excluding carboxylic acids is 2. The first kappa shape index (κ1) is 18.1. The standard InChI is InChI=1S/C19H16BNO4S/c1-24-19(23)18-17(14-4-2-3-5-15(14)25-18)21-16(22)10-11-26-13-8-6-12(20)7-9-13/h2-9H,10-11H2,1H3,(H,21,22). The van der Waals surface area contributed by atoms with Crippen LogP contribution in [0.2, 0.25) is 0 Å². The second-order valence-electron chi connectivity index (χ2n) is 5.51. The van der Waals surface area contributed by atoms with Crippen LogP contribution < -0.4 is 10.8 Å². The molecule has 0 atom stereocenters. The first-order chi connectivity index (χ1) is 12.6. The monoisotopic (exact) mass is 365 g/mol. The number of amides is 1. The summed E-state index contributed by atoms with van der Waals surface area (Å²) in [5, 5.41) is 3.44. The van der Waals surface area contributed by atoms with Gasteiger partial charge in [-0.1, -0.05) is 29.7 Å². The average molecular weight is 365 g/mol. The van der Waals surface area contributed by atoms with Crippen molar-refractivity contribution >= 4 is 53.6 Å². The van der Waals surface area contributed by atoms with E-state index in [1.165, 1.54) is 7.11 Å². The zero-order valence-electron chi connectivity index (χ0n) is 14.2. The molecule has 26 heavy (non-hydrogen) atoms. The van der Waals surface area contributed by atoms with Crippen molar-refractivity contribution in [1.82, 2.24) is 0 Å². The minimum absolute atomic E-state index is 0.00626. The minimum atomic E-state index is -0.632. The number of esters is 1. The molecule has 0 bridgehead atoms. The summed E-state index contributed by atoms with van der Waals surface area (Å²) >= 11 is 1.56. The third kappa shape index (κ3) is 4.11. The van der Waals surface area contributed by atoms with Crippen LogP contribution in [0.25, 0.3) is 11.0 Å². The Morgan fingerprint density at radius 1 is 1.15 bits per heavy atom. The lowest BCUT2D eigenvalue weighted by Crippen LogP contribution is -2.14. The molecule has 7 heteroatoms. The number of methoxy groups -OCH3 is 1. The molecular formula is C19H16BNO4S. The van der Waals surface area contributed by atoms with Gasteiger partial charge < -0.3 is 14.5 Å². The molecule has 2 radical (unpaired) electrons. The second kappa shape index (κ2) is 8.14. The molecule has 0 aliphatic rings. The lowest BCUT2D eigenvalue weighted by molar-refractivity contribution is -0.115. The third-order valence-electron chi connectivity index (χ3n) is 3.71. The van der Waals surface area contributed by atoms with Gasteiger partial charge in [0.05, 0.1) is 7.11 Å². The molecule has 0 unspecified atom stereocenters. The number of thioether (sulfide) groups is 1. The maximum absolute atomic E-state index is 12.3. The highest BCUT2D eigenvalue weighted by molar-refractivity contribution is 7.99. The van der Waals surface area contributed by atoms with Crippen molar-refractivity contribution in [3.05, 3.63) is 54.3 Å². The maximum atomic E-state index is 12.3. The average Bonchev–Trinajstić information content (AvgIpc) is 3.01. The fourth-order valence-corrected chi connectivity index (χ4v) is 3.29. The Balaban J connectivity index is 1.68. The largest absolute Gasteiger partial charge is 0.463 e. The van der Waals surface area contributed by atoms with E-state index in [0.717, 1.165) is 4.90 Å². The molecule has 1 heterocycles. The van der Waals surface area contributed by atoms with E-state index < -0.39 is 5.97 Å². The molecule has 3 rings (SSSR count). The number of carbonyl (C=O) groups is 2. The normalized spacial score (nSPS) is 10.7. The summed E-state index contributed by atoms with van der Waals surface area (Å²) in [6, 6.07) is 14.6. The van der Waals surface area contributed by atoms with Crippen molar-refractivity contribution < 1.29 is 18.7 Å². The zero-order chi connectivity index (χ0) is 18.5. The maximum Gasteiger partial charge on any atom is 0.376 e. The van der Waals surface area contributed by atoms with Crippen LogP contribution in [-0.4, -0.2) is 32.6 Å². The van der Waals surface area contributed by atoms with E-state index >= 15 is 0 Å². The summed E-state index contributed by atoms with van der Waals surface area (Å²) in [6.07, 6.45) is 0.287. The smallest absolute Gasteiger partial charge is 0.376 e. The molecular weight excluding hydrogens is 349 g/mol. The SMILES string of the molecule is [B]c1ccc(SCCC(=O)Nc2c(C(=O)OC)oc3ccccc23)cc1. The molecule has 1 N–H and O–H groups in total. The number of benzene rings is 2. The number of para-hydroxylation sites is 1. The van der Waals surface area contributed by atoms with Crippen LogP contribution in [0.3, 0.4) is 0 Å². The molecule has 2 aromatic carbocycles. The molecule has 0 saturated heterocycles. The van der Waals surface area contributed by atoms with Crippen LogP contribution >= 0.6 is 11.8 Å². The molecule has 1 aromatic heterocycles. The van der Waals surface area contributed by atoms with Crippen molar-refractivity contribution in [3.8, 4) is 0 Å². The first-order valence-corrected chi connectivity index (χ1v) is 8.95. The van der Waals surface area contributed by atoms with Gasteiger partial charge >= 0.3 is 5.97 Å². The van der Waals surface area contributed by atoms with Crippen LogP contribution in [0.4, 0.5) is 5.69 Å². The minimum Gasteiger partial charge on any atom is -0.463 e. The molecule has 0 spiro atoms. The Kier molecular flexibility index (Phi) is 5.68. The van der Waals surface area contributed by atoms with E-state index in [1.807, 2.05) is 30.3 Å². The summed E-state index contributed by atoms with van der Waals surface area (Å²) in [5.41, 5.74) is 1.56. The molecule has 5 nitrogen and oxygen atoms in total. The van der Waals surface area contributed by atoms with Crippen LogP contribution in [-0.2, 0) is 9.53 Å². The van der Waals surface area contributed by atoms with Crippen LogP contribution in [0.15, 0.2) is 57.8 Å². The Morgan fingerprint density at radius 2 is 1.88 bits per heavy atom. The van der Waals surface area contributed by atoms with Gasteiger partial charge in [0.2, 0.25) is 11.7 Å². The molecule has 0 saturated carbocycles. The van der Waals surface area contributed by atoms with Crippen molar-refractivity contribution in [2.75, 3.05) is 18.2 Å². The topological polar surface area (TPSA) is 68.5 Å². The fraction of sp³-hybridized carbons (Fsp3) is 0.158. The van der Waals surface area contributed by atoms with E-state index in [2.05, 4.69) is 5.32 Å². The Bertz CT molecular complexity index is 936. The number of rotatable bonds is 6. The number of anilines is 1. The van der Waals surface area contributed by atoms with Gasteiger partial charge in [-0.3, -0.25) is 4.79 Å². The predicted octanol–water partition coefficient (Wildman–Crippen LogP) is 3.13. The summed E-state index contributed by atoms with van der Waals surface area (Å²) < 4.78 is 10.3. The quantitative estimate of drug-likeness (QED) is 0.413. The van der Waals surface area contributed by atoms with Gasteiger partial charge in [-0.15, -0.1) is 11.8 Å². The lowest BCUT2D eigenvalue weighted by atomic mass is 9.97. The number of fused-ring (bicyclic) bond motifs is 1. The van der Waals surface area contributed by atoms with Crippen molar-refractivity contribution in [2.24, 2.45) is 0 Å². The van der Waals surface area contributed by atoms with Crippen LogP contribution in [0, 0.1) is 0 Å². The van der Waals surface area contributed by atoms with Gasteiger partial charge in [0.25, 0.3) is 0 Å². The van der Waals surface area contributed by atoms with E-state index in [4.69, 9.17) is 17.0 Å². The Morgan fingerprint density at radius 3 is 2.62 bits per heavy atom. The van der Waals surface area contributed by atoms with E-state index in [0.29, 0.717) is 27.9 Å². The van der Waals surface area contributed by atoms with Crippen LogP contribution in [0.1, 0.15) is 17.0 Å². The second-order valence-corrected chi connectivity index (χ2v) is 6.68. The molecule has 3 aromatic rings. The Hall–Kier alpha value is -2.67. The zero-order valence-corrected chi connectivity index (χ0v) is 15.0. The van der Waals surface area contributed by atoms with Crippen molar-refractivity contribution in [3.63, 3.8) is 0 Å². The number of hydrogen-bond donors (Lipinski definition) is 1. The van der Waals surface area contributed by atoms with Gasteiger partial charge in [-0.25, -0.2) is 4.79 Å². The first-order valence-electron chi connectivity index (χ1n) is 7.96. The highest BCUT2D eigenvalue weighted by atomic mass is 32.2. The number of hydrogen-bond acceptors (Lipinski definition) is 5. The van der Waals surface area contributed by atoms with E-state index in [1.54, 1.807) is 30.0 Å². The molecule has 130 valence electrons. The number of ether oxygens (including phenoxy) is 1. The summed E-state index contributed by atoms with van der Waals surface area (Å²) in [5.74, 6) is -0.246. The van der Waals surface area contributed by atoms with Gasteiger partial charge in [-0.2, -0.15) is 0 Å². The Labute approximate surface area is 156 Å². The summed E-state index contributed by atoms with van der Waals surface area (Å²) in [6.45, 7) is 0. The number of furan rings is 1. The summed E-state index contributed by atoms with van der Waals surface area (Å²) in [7, 11) is 6.92. The fourth-order valence-electron chi connectivity index (χ4n) is 2.43. The van der Waals surface area contributed by atoms with Crippen molar-refractivity contribution in [2.45, 2.75) is 11.3 Å². The van der Waals surface area contributed by atoms with E-state index in [-0.39, 0.29) is 18.1 Å². The van der Waals surface area contributed by atoms with Gasteiger partial charge in [-0.05, 0) is 24.3 Å². The third-order valence-corrected chi connectivity index (χ3v) is 4.72. The van der Waals surface area contributed by atoms with Gasteiger partial charge in [0, 0.05) is 22.5 Å². The molecule has 0 aliphatic heterocycles. The highest BCUT2D eigenvalue weighted by Gasteiger charge is 2.22. The van der Waals surface area contributed by atoms with E-state index in [9.17, 15) is 9.59 Å². The predicted molar refractivity (Wildman–Crippen MR) is 103 cm³/mol. The van der Waals surface area contributed by atoms with Crippen molar-refractivity contribution in [1.29, 1.82) is 0 Å². The van der Waals surface area contributed by atoms with Gasteiger partial charge in [0.1, 0.15) is 19.1 Å². The highest BCUT2D eigenvalue weighted by Crippen LogP contribution is 2.31. The molecule has 0 aliphatic carbocycles. The lowest BCUT2D eigenvalue weighted by Gasteiger charge is -2.06. The number of nitrogens with one attached hydrogen (secondary N) is 1.